The molecule has 0 aliphatic heterocycles. The van der Waals surface area contributed by atoms with Gasteiger partial charge in [-0.05, 0) is 18.2 Å². The third kappa shape index (κ3) is 4.16. The van der Waals surface area contributed by atoms with E-state index >= 15 is 0 Å². The molecule has 2 aromatic rings. The first-order valence-corrected chi connectivity index (χ1v) is 6.06. The number of nitrogens with zero attached hydrogens (tertiary/aromatic N) is 1. The Hall–Kier alpha value is -2.64. The van der Waals surface area contributed by atoms with E-state index in [4.69, 9.17) is 4.42 Å². The summed E-state index contributed by atoms with van der Waals surface area (Å²) in [6, 6.07) is 7.04. The highest BCUT2D eigenvalue weighted by molar-refractivity contribution is 5.60. The number of anilines is 1. The van der Waals surface area contributed by atoms with Gasteiger partial charge in [0.05, 0.1) is 22.9 Å². The molecular formula is C13H12F2N2O4. The SMILES string of the molecule is O=[N+]([O-])c1ccc(NCCc2ccco2)c(OC(F)F)c1. The van der Waals surface area contributed by atoms with E-state index < -0.39 is 11.5 Å². The van der Waals surface area contributed by atoms with Gasteiger partial charge in [-0.1, -0.05) is 0 Å². The molecule has 6 nitrogen and oxygen atoms in total. The molecule has 1 aromatic carbocycles. The molecule has 0 aliphatic rings. The Kier molecular flexibility index (Phi) is 4.70. The van der Waals surface area contributed by atoms with E-state index in [2.05, 4.69) is 10.1 Å². The molecule has 8 heteroatoms. The van der Waals surface area contributed by atoms with Crippen molar-refractivity contribution in [2.24, 2.45) is 0 Å². The van der Waals surface area contributed by atoms with Gasteiger partial charge in [0.2, 0.25) is 0 Å². The lowest BCUT2D eigenvalue weighted by Gasteiger charge is -2.12. The molecule has 1 heterocycles. The Labute approximate surface area is 118 Å². The van der Waals surface area contributed by atoms with Crippen LogP contribution in [0.1, 0.15) is 5.76 Å². The topological polar surface area (TPSA) is 77.5 Å². The van der Waals surface area contributed by atoms with Crippen LogP contribution in [0.25, 0.3) is 0 Å². The van der Waals surface area contributed by atoms with Gasteiger partial charge in [0.15, 0.2) is 5.75 Å². The number of furan rings is 1. The summed E-state index contributed by atoms with van der Waals surface area (Å²) in [7, 11) is 0. The Bertz CT molecular complexity index is 602. The van der Waals surface area contributed by atoms with Crippen molar-refractivity contribution < 1.29 is 22.9 Å². The minimum Gasteiger partial charge on any atom is -0.469 e. The summed E-state index contributed by atoms with van der Waals surface area (Å²) in [5.74, 6) is 0.472. The van der Waals surface area contributed by atoms with Gasteiger partial charge < -0.3 is 14.5 Å². The van der Waals surface area contributed by atoms with Gasteiger partial charge in [0.1, 0.15) is 5.76 Å². The zero-order valence-electron chi connectivity index (χ0n) is 10.8. The molecule has 0 spiro atoms. The Balaban J connectivity index is 2.07. The molecule has 0 radical (unpaired) electrons. The third-order valence-corrected chi connectivity index (χ3v) is 2.66. The van der Waals surface area contributed by atoms with Crippen molar-refractivity contribution >= 4 is 11.4 Å². The highest BCUT2D eigenvalue weighted by Gasteiger charge is 2.15. The maximum atomic E-state index is 12.3. The molecule has 112 valence electrons. The van der Waals surface area contributed by atoms with Gasteiger partial charge in [0, 0.05) is 19.0 Å². The van der Waals surface area contributed by atoms with Crippen LogP contribution >= 0.6 is 0 Å². The van der Waals surface area contributed by atoms with Crippen molar-refractivity contribution in [1.82, 2.24) is 0 Å². The average Bonchev–Trinajstić information content (AvgIpc) is 2.92. The van der Waals surface area contributed by atoms with Gasteiger partial charge in [-0.25, -0.2) is 0 Å². The monoisotopic (exact) mass is 298 g/mol. The Morgan fingerprint density at radius 3 is 2.81 bits per heavy atom. The van der Waals surface area contributed by atoms with E-state index in [1.165, 1.54) is 18.4 Å². The lowest BCUT2D eigenvalue weighted by atomic mass is 10.2. The number of hydrogen-bond acceptors (Lipinski definition) is 5. The zero-order chi connectivity index (χ0) is 15.2. The number of nitro benzene ring substituents is 1. The first-order valence-electron chi connectivity index (χ1n) is 6.06. The molecule has 0 saturated carbocycles. The van der Waals surface area contributed by atoms with Crippen LogP contribution in [-0.2, 0) is 6.42 Å². The summed E-state index contributed by atoms with van der Waals surface area (Å²) in [6.45, 7) is -2.65. The maximum Gasteiger partial charge on any atom is 0.387 e. The van der Waals surface area contributed by atoms with Gasteiger partial charge in [-0.15, -0.1) is 0 Å². The summed E-state index contributed by atoms with van der Waals surface area (Å²) in [5.41, 5.74) is -0.0605. The van der Waals surface area contributed by atoms with E-state index in [0.717, 1.165) is 11.8 Å². The van der Waals surface area contributed by atoms with Crippen molar-refractivity contribution in [3.63, 3.8) is 0 Å². The number of ether oxygens (including phenoxy) is 1. The van der Waals surface area contributed by atoms with Crippen LogP contribution in [0.2, 0.25) is 0 Å². The van der Waals surface area contributed by atoms with Crippen LogP contribution in [0, 0.1) is 10.1 Å². The quantitative estimate of drug-likeness (QED) is 0.625. The summed E-state index contributed by atoms with van der Waals surface area (Å²) in [6.07, 6.45) is 2.07. The zero-order valence-corrected chi connectivity index (χ0v) is 10.8. The number of nitrogens with one attached hydrogen (secondary N) is 1. The molecule has 0 saturated heterocycles. The van der Waals surface area contributed by atoms with Gasteiger partial charge in [0.25, 0.3) is 5.69 Å². The first kappa shape index (κ1) is 14.8. The Morgan fingerprint density at radius 1 is 1.38 bits per heavy atom. The number of benzene rings is 1. The second-order valence-electron chi connectivity index (χ2n) is 4.07. The number of non-ortho nitro benzene ring substituents is 1. The van der Waals surface area contributed by atoms with Crippen molar-refractivity contribution in [1.29, 1.82) is 0 Å². The fraction of sp³-hybridized carbons (Fsp3) is 0.231. The fourth-order valence-corrected chi connectivity index (χ4v) is 1.74. The highest BCUT2D eigenvalue weighted by atomic mass is 19.3. The maximum absolute atomic E-state index is 12.3. The van der Waals surface area contributed by atoms with Crippen LogP contribution in [0.4, 0.5) is 20.2 Å². The second kappa shape index (κ2) is 6.69. The van der Waals surface area contributed by atoms with Crippen molar-refractivity contribution in [3.8, 4) is 5.75 Å². The molecule has 0 unspecified atom stereocenters. The van der Waals surface area contributed by atoms with Crippen LogP contribution in [0.3, 0.4) is 0 Å². The predicted molar refractivity (Wildman–Crippen MR) is 70.6 cm³/mol. The van der Waals surface area contributed by atoms with E-state index in [1.807, 2.05) is 0 Å². The van der Waals surface area contributed by atoms with E-state index in [1.54, 1.807) is 12.1 Å². The van der Waals surface area contributed by atoms with E-state index in [0.29, 0.717) is 13.0 Å². The van der Waals surface area contributed by atoms with E-state index in [9.17, 15) is 18.9 Å². The Morgan fingerprint density at radius 2 is 2.19 bits per heavy atom. The molecule has 1 N–H and O–H groups in total. The van der Waals surface area contributed by atoms with Gasteiger partial charge in [-0.3, -0.25) is 10.1 Å². The van der Waals surface area contributed by atoms with Gasteiger partial charge >= 0.3 is 6.61 Å². The predicted octanol–water partition coefficient (Wildman–Crippen LogP) is 3.44. The minimum atomic E-state index is -3.06. The summed E-state index contributed by atoms with van der Waals surface area (Å²) in [5, 5.41) is 13.5. The number of hydrogen-bond donors (Lipinski definition) is 1. The summed E-state index contributed by atoms with van der Waals surface area (Å²) >= 11 is 0. The van der Waals surface area contributed by atoms with Crippen molar-refractivity contribution in [3.05, 3.63) is 52.5 Å². The third-order valence-electron chi connectivity index (χ3n) is 2.66. The molecule has 2 rings (SSSR count). The lowest BCUT2D eigenvalue weighted by Crippen LogP contribution is -2.09. The second-order valence-corrected chi connectivity index (χ2v) is 4.07. The molecular weight excluding hydrogens is 286 g/mol. The summed E-state index contributed by atoms with van der Waals surface area (Å²) in [4.78, 5) is 9.97. The standard InChI is InChI=1S/C13H12F2N2O4/c14-13(15)21-12-8-9(17(18)19)3-4-11(12)16-6-5-10-2-1-7-20-10/h1-4,7-8,13,16H,5-6H2. The fourth-order valence-electron chi connectivity index (χ4n) is 1.74. The minimum absolute atomic E-state index is 0.257. The lowest BCUT2D eigenvalue weighted by molar-refractivity contribution is -0.385. The number of halogens is 2. The number of nitro groups is 1. The first-order chi connectivity index (χ1) is 10.1. The molecule has 0 bridgehead atoms. The largest absolute Gasteiger partial charge is 0.469 e. The van der Waals surface area contributed by atoms with Crippen molar-refractivity contribution in [2.45, 2.75) is 13.0 Å². The van der Waals surface area contributed by atoms with Gasteiger partial charge in [-0.2, -0.15) is 8.78 Å². The average molecular weight is 298 g/mol. The smallest absolute Gasteiger partial charge is 0.387 e. The summed E-state index contributed by atoms with van der Waals surface area (Å²) < 4.78 is 34.1. The van der Waals surface area contributed by atoms with Crippen LogP contribution in [0.15, 0.2) is 41.0 Å². The van der Waals surface area contributed by atoms with E-state index in [-0.39, 0.29) is 17.1 Å². The molecule has 0 aliphatic carbocycles. The highest BCUT2D eigenvalue weighted by Crippen LogP contribution is 2.30. The molecule has 0 fully saturated rings. The molecule has 0 atom stereocenters. The molecule has 21 heavy (non-hydrogen) atoms. The number of rotatable bonds is 7. The number of alkyl halides is 2. The van der Waals surface area contributed by atoms with Crippen molar-refractivity contribution in [2.75, 3.05) is 11.9 Å². The van der Waals surface area contributed by atoms with Crippen LogP contribution in [-0.4, -0.2) is 18.1 Å². The van der Waals surface area contributed by atoms with Crippen LogP contribution < -0.4 is 10.1 Å². The molecule has 0 amide bonds. The van der Waals surface area contributed by atoms with Crippen LogP contribution in [0.5, 0.6) is 5.75 Å². The molecule has 1 aromatic heterocycles. The normalized spacial score (nSPS) is 10.6.